The molecule has 2 aromatic heterocycles. The molecule has 2 heterocycles. The second-order valence-corrected chi connectivity index (χ2v) is 9.13. The number of carboxylic acids is 1. The number of aromatic nitrogens is 4. The van der Waals surface area contributed by atoms with Crippen molar-refractivity contribution in [1.29, 1.82) is 0 Å². The highest BCUT2D eigenvalue weighted by Crippen LogP contribution is 2.13. The molecule has 0 saturated heterocycles. The minimum Gasteiger partial charge on any atom is -0.480 e. The van der Waals surface area contributed by atoms with Crippen LogP contribution in [0.3, 0.4) is 0 Å². The highest BCUT2D eigenvalue weighted by atomic mass is 16.4. The molecule has 16 nitrogen and oxygen atoms in total. The Morgan fingerprint density at radius 1 is 1.00 bits per heavy atom. The number of hydrogen-bond acceptors (Lipinski definition) is 11. The normalized spacial score (nSPS) is 12.3. The summed E-state index contributed by atoms with van der Waals surface area (Å²) in [5, 5.41) is 17.5. The van der Waals surface area contributed by atoms with E-state index in [1.54, 1.807) is 12.1 Å². The van der Waals surface area contributed by atoms with Crippen LogP contribution in [0.25, 0.3) is 11.2 Å². The number of fused-ring (bicyclic) bond motifs is 1. The molecule has 0 fully saturated rings. The molecule has 0 aliphatic heterocycles. The standard InChI is InChI=1S/C25H32N10O6/c26-10-2-1-3-17(24(40)41)33-22(38)16(8-9-18(27)36)32-21(37)13-4-6-14(7-5-13)29-11-15-12-30-20-19(31-15)23(39)35-25(28)34-20/h4-7,12,16-17,29H,1-3,8-11,26H2,(H2,27,36)(H,32,37)(H,33,38)(H,40,41)(H3,28,30,34,35,39)/t16-,17-/m0/s1. The summed E-state index contributed by atoms with van der Waals surface area (Å²) in [4.78, 5) is 75.3. The number of H-pyrrole nitrogens is 1. The van der Waals surface area contributed by atoms with Crippen molar-refractivity contribution in [3.05, 3.63) is 52.1 Å². The van der Waals surface area contributed by atoms with E-state index in [1.807, 2.05) is 0 Å². The summed E-state index contributed by atoms with van der Waals surface area (Å²) in [6.45, 7) is 0.599. The van der Waals surface area contributed by atoms with Crippen LogP contribution in [-0.2, 0) is 20.9 Å². The maximum Gasteiger partial charge on any atom is 0.326 e. The van der Waals surface area contributed by atoms with E-state index in [4.69, 9.17) is 17.2 Å². The average Bonchev–Trinajstić information content (AvgIpc) is 2.93. The Bertz CT molecular complexity index is 1460. The van der Waals surface area contributed by atoms with E-state index in [0.29, 0.717) is 30.8 Å². The molecule has 0 bridgehead atoms. The Balaban J connectivity index is 1.63. The molecule has 0 radical (unpaired) electrons. The van der Waals surface area contributed by atoms with Gasteiger partial charge in [0.05, 0.1) is 18.4 Å². The van der Waals surface area contributed by atoms with Crippen LogP contribution in [0.5, 0.6) is 0 Å². The van der Waals surface area contributed by atoms with Gasteiger partial charge in [-0.2, -0.15) is 4.98 Å². The number of primary amides is 1. The minimum atomic E-state index is -1.22. The van der Waals surface area contributed by atoms with Gasteiger partial charge >= 0.3 is 5.97 Å². The number of anilines is 2. The van der Waals surface area contributed by atoms with Crippen LogP contribution < -0.4 is 38.7 Å². The first kappa shape index (κ1) is 30.4. The molecule has 3 rings (SSSR count). The first-order chi connectivity index (χ1) is 19.6. The Labute approximate surface area is 233 Å². The van der Waals surface area contributed by atoms with E-state index in [-0.39, 0.29) is 48.5 Å². The van der Waals surface area contributed by atoms with Gasteiger partial charge in [-0.3, -0.25) is 24.2 Å². The maximum absolute atomic E-state index is 12.9. The zero-order chi connectivity index (χ0) is 29.9. The minimum absolute atomic E-state index is 0.0469. The number of nitrogens with one attached hydrogen (secondary N) is 4. The topological polar surface area (TPSA) is 274 Å². The number of carbonyl (C=O) groups is 4. The lowest BCUT2D eigenvalue weighted by molar-refractivity contribution is -0.142. The quantitative estimate of drug-likeness (QED) is 0.102. The van der Waals surface area contributed by atoms with Gasteiger partial charge in [0.1, 0.15) is 12.1 Å². The van der Waals surface area contributed by atoms with Gasteiger partial charge < -0.3 is 38.3 Å². The predicted octanol–water partition coefficient (Wildman–Crippen LogP) is -1.03. The van der Waals surface area contributed by atoms with Gasteiger partial charge in [0.15, 0.2) is 11.2 Å². The molecule has 0 spiro atoms. The van der Waals surface area contributed by atoms with E-state index in [2.05, 4.69) is 35.9 Å². The first-order valence-corrected chi connectivity index (χ1v) is 12.7. The number of unbranched alkanes of at least 4 members (excludes halogenated alkanes) is 1. The lowest BCUT2D eigenvalue weighted by Crippen LogP contribution is -2.51. The first-order valence-electron chi connectivity index (χ1n) is 12.7. The van der Waals surface area contributed by atoms with Gasteiger partial charge in [0.2, 0.25) is 17.8 Å². The van der Waals surface area contributed by atoms with Crippen LogP contribution in [0.15, 0.2) is 35.3 Å². The Morgan fingerprint density at radius 3 is 2.39 bits per heavy atom. The predicted molar refractivity (Wildman–Crippen MR) is 148 cm³/mol. The van der Waals surface area contributed by atoms with Crippen molar-refractivity contribution in [3.8, 4) is 0 Å². The molecule has 0 unspecified atom stereocenters. The summed E-state index contributed by atoms with van der Waals surface area (Å²) in [6.07, 6.45) is 2.39. The van der Waals surface area contributed by atoms with Crippen LogP contribution in [0.4, 0.5) is 11.6 Å². The number of benzene rings is 1. The summed E-state index contributed by atoms with van der Waals surface area (Å²) >= 11 is 0. The fraction of sp³-hybridized carbons (Fsp3) is 0.360. The summed E-state index contributed by atoms with van der Waals surface area (Å²) in [5.41, 5.74) is 17.1. The van der Waals surface area contributed by atoms with Gasteiger partial charge in [0, 0.05) is 17.7 Å². The fourth-order valence-corrected chi connectivity index (χ4v) is 3.81. The third-order valence-electron chi connectivity index (χ3n) is 5.97. The lowest BCUT2D eigenvalue weighted by Gasteiger charge is -2.21. The van der Waals surface area contributed by atoms with Crippen LogP contribution in [0, 0.1) is 0 Å². The number of aliphatic carboxylic acids is 1. The number of carboxylic acid groups (broad SMARTS) is 1. The molecular weight excluding hydrogens is 536 g/mol. The van der Waals surface area contributed by atoms with Gasteiger partial charge in [-0.1, -0.05) is 0 Å². The van der Waals surface area contributed by atoms with Crippen LogP contribution in [0.1, 0.15) is 48.2 Å². The van der Waals surface area contributed by atoms with Crippen molar-refractivity contribution in [3.63, 3.8) is 0 Å². The molecule has 11 N–H and O–H groups in total. The third kappa shape index (κ3) is 8.96. The second-order valence-electron chi connectivity index (χ2n) is 9.13. The van der Waals surface area contributed by atoms with E-state index >= 15 is 0 Å². The van der Waals surface area contributed by atoms with E-state index in [0.717, 1.165) is 0 Å². The number of amides is 3. The van der Waals surface area contributed by atoms with E-state index in [9.17, 15) is 29.1 Å². The Hall–Kier alpha value is -5.12. The molecule has 0 aliphatic rings. The molecule has 3 amide bonds. The molecule has 16 heteroatoms. The second kappa shape index (κ2) is 14.3. The van der Waals surface area contributed by atoms with Gasteiger partial charge in [-0.05, 0) is 56.5 Å². The van der Waals surface area contributed by atoms with Crippen molar-refractivity contribution in [2.24, 2.45) is 11.5 Å². The van der Waals surface area contributed by atoms with Gasteiger partial charge in [-0.25, -0.2) is 14.8 Å². The molecule has 41 heavy (non-hydrogen) atoms. The number of nitrogen functional groups attached to an aromatic ring is 1. The third-order valence-corrected chi connectivity index (χ3v) is 5.97. The van der Waals surface area contributed by atoms with Crippen LogP contribution in [0.2, 0.25) is 0 Å². The summed E-state index contributed by atoms with van der Waals surface area (Å²) in [7, 11) is 0. The summed E-state index contributed by atoms with van der Waals surface area (Å²) in [5.74, 6) is -3.31. The van der Waals surface area contributed by atoms with Gasteiger partial charge in [0.25, 0.3) is 11.5 Å². The van der Waals surface area contributed by atoms with Crippen molar-refractivity contribution >= 4 is 46.5 Å². The van der Waals surface area contributed by atoms with Crippen molar-refractivity contribution in [2.45, 2.75) is 50.7 Å². The molecule has 2 atom stereocenters. The van der Waals surface area contributed by atoms with Crippen LogP contribution in [-0.4, -0.2) is 67.4 Å². The van der Waals surface area contributed by atoms with E-state index in [1.165, 1.54) is 18.3 Å². The number of nitrogens with two attached hydrogens (primary N) is 3. The summed E-state index contributed by atoms with van der Waals surface area (Å²) < 4.78 is 0. The Kier molecular flexibility index (Phi) is 10.6. The average molecular weight is 569 g/mol. The molecular formula is C25H32N10O6. The zero-order valence-electron chi connectivity index (χ0n) is 22.1. The molecule has 218 valence electrons. The van der Waals surface area contributed by atoms with E-state index < -0.39 is 41.3 Å². The van der Waals surface area contributed by atoms with Crippen molar-refractivity contribution < 1.29 is 24.3 Å². The van der Waals surface area contributed by atoms with Crippen molar-refractivity contribution in [1.82, 2.24) is 30.6 Å². The Morgan fingerprint density at radius 2 is 1.73 bits per heavy atom. The number of hydrogen-bond donors (Lipinski definition) is 8. The molecule has 1 aromatic carbocycles. The summed E-state index contributed by atoms with van der Waals surface area (Å²) in [6, 6.07) is 3.90. The smallest absolute Gasteiger partial charge is 0.326 e. The van der Waals surface area contributed by atoms with Crippen molar-refractivity contribution in [2.75, 3.05) is 17.6 Å². The highest BCUT2D eigenvalue weighted by molar-refractivity contribution is 5.98. The highest BCUT2D eigenvalue weighted by Gasteiger charge is 2.27. The zero-order valence-corrected chi connectivity index (χ0v) is 22.1. The SMILES string of the molecule is NCCCC[C@H](NC(=O)[C@H](CCC(N)=O)NC(=O)c1ccc(NCc2cnc3nc(N)[nH]c(=O)c3n2)cc1)C(=O)O. The lowest BCUT2D eigenvalue weighted by atomic mass is 10.1. The van der Waals surface area contributed by atoms with Crippen LogP contribution >= 0.6 is 0 Å². The molecule has 3 aromatic rings. The number of aromatic amines is 1. The largest absolute Gasteiger partial charge is 0.480 e. The molecule has 0 saturated carbocycles. The van der Waals surface area contributed by atoms with Gasteiger partial charge in [-0.15, -0.1) is 0 Å². The maximum atomic E-state index is 12.9. The number of carbonyl (C=O) groups excluding carboxylic acids is 3. The molecule has 0 aliphatic carbocycles. The monoisotopic (exact) mass is 568 g/mol. The number of rotatable bonds is 15. The number of nitrogens with zero attached hydrogens (tertiary/aromatic N) is 3. The fourth-order valence-electron chi connectivity index (χ4n) is 3.81.